The molecular weight excluding hydrogens is 214 g/mol. The monoisotopic (exact) mass is 235 g/mol. The Balaban J connectivity index is 2.02. The van der Waals surface area contributed by atoms with Crippen molar-refractivity contribution in [2.45, 2.75) is 37.8 Å². The number of hydrogen-bond donors (Lipinski definition) is 2. The van der Waals surface area contributed by atoms with E-state index in [9.17, 15) is 10.2 Å². The summed E-state index contributed by atoms with van der Waals surface area (Å²) in [5, 5.41) is 19.6. The van der Waals surface area contributed by atoms with Crippen molar-refractivity contribution >= 4 is 0 Å². The van der Waals surface area contributed by atoms with E-state index < -0.39 is 0 Å². The van der Waals surface area contributed by atoms with E-state index in [0.717, 1.165) is 37.8 Å². The lowest BCUT2D eigenvalue weighted by molar-refractivity contribution is 0.140. The molecule has 0 aliphatic heterocycles. The zero-order chi connectivity index (χ0) is 12.5. The number of benzene rings is 1. The normalized spacial score (nSPS) is 17.4. The molecule has 3 heteroatoms. The Morgan fingerprint density at radius 2 is 2.00 bits per heavy atom. The van der Waals surface area contributed by atoms with Crippen LogP contribution in [0.2, 0.25) is 0 Å². The molecule has 1 aliphatic rings. The number of aromatic hydroxyl groups is 1. The van der Waals surface area contributed by atoms with Crippen LogP contribution in [0.3, 0.4) is 0 Å². The molecule has 1 aromatic rings. The first-order valence-electron chi connectivity index (χ1n) is 6.16. The highest BCUT2D eigenvalue weighted by Gasteiger charge is 2.39. The molecule has 0 aromatic heterocycles. The van der Waals surface area contributed by atoms with Gasteiger partial charge in [-0.25, -0.2) is 0 Å². The molecule has 2 rings (SSSR count). The van der Waals surface area contributed by atoms with Gasteiger partial charge in [0.1, 0.15) is 5.75 Å². The third-order valence-electron chi connectivity index (χ3n) is 3.34. The summed E-state index contributed by atoms with van der Waals surface area (Å²) in [6.07, 6.45) is 3.60. The number of nitrogens with zero attached hydrogens (tertiary/aromatic N) is 1. The Bertz CT molecular complexity index is 397. The molecule has 1 aromatic carbocycles. The fourth-order valence-corrected chi connectivity index (χ4v) is 2.03. The molecule has 0 radical (unpaired) electrons. The summed E-state index contributed by atoms with van der Waals surface area (Å²) in [7, 11) is 3.97. The zero-order valence-corrected chi connectivity index (χ0v) is 10.6. The van der Waals surface area contributed by atoms with Gasteiger partial charge in [0.25, 0.3) is 0 Å². The van der Waals surface area contributed by atoms with Crippen LogP contribution in [0.1, 0.15) is 30.4 Å². The van der Waals surface area contributed by atoms with Gasteiger partial charge < -0.3 is 15.1 Å². The SMILES string of the molecule is CN(C)Cc1cc(CCC2(O)CC2)ccc1O. The summed E-state index contributed by atoms with van der Waals surface area (Å²) >= 11 is 0. The van der Waals surface area contributed by atoms with Crippen molar-refractivity contribution in [2.24, 2.45) is 0 Å². The van der Waals surface area contributed by atoms with Crippen LogP contribution >= 0.6 is 0 Å². The highest BCUT2D eigenvalue weighted by Crippen LogP contribution is 2.39. The highest BCUT2D eigenvalue weighted by atomic mass is 16.3. The van der Waals surface area contributed by atoms with Crippen molar-refractivity contribution in [1.29, 1.82) is 0 Å². The standard InChI is InChI=1S/C14H21NO2/c1-15(2)10-12-9-11(3-4-13(12)16)5-6-14(17)7-8-14/h3-4,9,16-17H,5-8,10H2,1-2H3. The van der Waals surface area contributed by atoms with Gasteiger partial charge in [0.15, 0.2) is 0 Å². The molecule has 0 heterocycles. The van der Waals surface area contributed by atoms with E-state index in [0.29, 0.717) is 5.75 Å². The van der Waals surface area contributed by atoms with Gasteiger partial charge in [-0.1, -0.05) is 12.1 Å². The van der Waals surface area contributed by atoms with E-state index >= 15 is 0 Å². The summed E-state index contributed by atoms with van der Waals surface area (Å²) in [6, 6.07) is 5.74. The van der Waals surface area contributed by atoms with Gasteiger partial charge >= 0.3 is 0 Å². The van der Waals surface area contributed by atoms with Crippen LogP contribution < -0.4 is 0 Å². The van der Waals surface area contributed by atoms with Crippen molar-refractivity contribution in [3.63, 3.8) is 0 Å². The maximum Gasteiger partial charge on any atom is 0.120 e. The Morgan fingerprint density at radius 3 is 2.59 bits per heavy atom. The summed E-state index contributed by atoms with van der Waals surface area (Å²) in [5.41, 5.74) is 1.76. The largest absolute Gasteiger partial charge is 0.508 e. The maximum absolute atomic E-state index is 9.80. The fourth-order valence-electron chi connectivity index (χ4n) is 2.03. The fraction of sp³-hybridized carbons (Fsp3) is 0.571. The number of rotatable bonds is 5. The van der Waals surface area contributed by atoms with Gasteiger partial charge in [-0.15, -0.1) is 0 Å². The van der Waals surface area contributed by atoms with Crippen molar-refractivity contribution < 1.29 is 10.2 Å². The van der Waals surface area contributed by atoms with E-state index in [1.54, 1.807) is 6.07 Å². The van der Waals surface area contributed by atoms with Crippen LogP contribution in [0.5, 0.6) is 5.75 Å². The summed E-state index contributed by atoms with van der Waals surface area (Å²) in [6.45, 7) is 0.740. The minimum atomic E-state index is -0.389. The number of phenols is 1. The van der Waals surface area contributed by atoms with Gasteiger partial charge in [-0.3, -0.25) is 0 Å². The molecule has 0 spiro atoms. The molecule has 94 valence electrons. The average molecular weight is 235 g/mol. The van der Waals surface area contributed by atoms with Crippen LogP contribution in [-0.4, -0.2) is 34.8 Å². The van der Waals surface area contributed by atoms with Gasteiger partial charge in [0, 0.05) is 12.1 Å². The lowest BCUT2D eigenvalue weighted by Crippen LogP contribution is -2.11. The molecule has 17 heavy (non-hydrogen) atoms. The quantitative estimate of drug-likeness (QED) is 0.819. The molecule has 0 unspecified atom stereocenters. The highest BCUT2D eigenvalue weighted by molar-refractivity contribution is 5.36. The molecule has 1 fully saturated rings. The third kappa shape index (κ3) is 3.45. The minimum Gasteiger partial charge on any atom is -0.508 e. The Hall–Kier alpha value is -1.06. The Labute approximate surface area is 103 Å². The summed E-state index contributed by atoms with van der Waals surface area (Å²) < 4.78 is 0. The van der Waals surface area contributed by atoms with Gasteiger partial charge in [0.05, 0.1) is 5.60 Å². The first kappa shape index (κ1) is 12.4. The second-order valence-corrected chi connectivity index (χ2v) is 5.43. The lowest BCUT2D eigenvalue weighted by Gasteiger charge is -2.13. The second kappa shape index (κ2) is 4.67. The predicted octanol–water partition coefficient (Wildman–Crippen LogP) is 1.91. The number of aliphatic hydroxyl groups is 1. The molecule has 2 N–H and O–H groups in total. The molecular formula is C14H21NO2. The van der Waals surface area contributed by atoms with E-state index in [2.05, 4.69) is 0 Å². The minimum absolute atomic E-state index is 0.354. The summed E-state index contributed by atoms with van der Waals surface area (Å²) in [4.78, 5) is 2.03. The topological polar surface area (TPSA) is 43.7 Å². The van der Waals surface area contributed by atoms with Crippen molar-refractivity contribution in [3.8, 4) is 5.75 Å². The predicted molar refractivity (Wildman–Crippen MR) is 68.0 cm³/mol. The number of phenolic OH excluding ortho intramolecular Hbond substituents is 1. The summed E-state index contributed by atoms with van der Waals surface area (Å²) in [5.74, 6) is 0.354. The first-order chi connectivity index (χ1) is 7.98. The van der Waals surface area contributed by atoms with Gasteiger partial charge in [0.2, 0.25) is 0 Å². The van der Waals surface area contributed by atoms with E-state index in [1.165, 1.54) is 5.56 Å². The zero-order valence-electron chi connectivity index (χ0n) is 10.6. The third-order valence-corrected chi connectivity index (χ3v) is 3.34. The molecule has 0 bridgehead atoms. The average Bonchev–Trinajstić information content (AvgIpc) is 2.98. The van der Waals surface area contributed by atoms with E-state index in [1.807, 2.05) is 31.1 Å². The molecule has 3 nitrogen and oxygen atoms in total. The molecule has 0 atom stereocenters. The van der Waals surface area contributed by atoms with Crippen LogP contribution in [0.25, 0.3) is 0 Å². The van der Waals surface area contributed by atoms with Crippen molar-refractivity contribution in [1.82, 2.24) is 4.90 Å². The maximum atomic E-state index is 9.80. The molecule has 1 aliphatic carbocycles. The molecule has 1 saturated carbocycles. The molecule has 0 amide bonds. The van der Waals surface area contributed by atoms with Crippen molar-refractivity contribution in [2.75, 3.05) is 14.1 Å². The Morgan fingerprint density at radius 1 is 1.29 bits per heavy atom. The van der Waals surface area contributed by atoms with Crippen LogP contribution in [0, 0.1) is 0 Å². The van der Waals surface area contributed by atoms with Crippen LogP contribution in [-0.2, 0) is 13.0 Å². The molecule has 0 saturated heterocycles. The lowest BCUT2D eigenvalue weighted by atomic mass is 10.0. The van der Waals surface area contributed by atoms with E-state index in [-0.39, 0.29) is 5.60 Å². The van der Waals surface area contributed by atoms with E-state index in [4.69, 9.17) is 0 Å². The second-order valence-electron chi connectivity index (χ2n) is 5.43. The van der Waals surface area contributed by atoms with Crippen molar-refractivity contribution in [3.05, 3.63) is 29.3 Å². The van der Waals surface area contributed by atoms with Crippen LogP contribution in [0.4, 0.5) is 0 Å². The smallest absolute Gasteiger partial charge is 0.120 e. The van der Waals surface area contributed by atoms with Gasteiger partial charge in [-0.2, -0.15) is 0 Å². The number of aryl methyl sites for hydroxylation is 1. The Kier molecular flexibility index (Phi) is 3.40. The van der Waals surface area contributed by atoms with Gasteiger partial charge in [-0.05, 0) is 51.4 Å². The number of hydrogen-bond acceptors (Lipinski definition) is 3. The first-order valence-corrected chi connectivity index (χ1v) is 6.16. The van der Waals surface area contributed by atoms with Crippen LogP contribution in [0.15, 0.2) is 18.2 Å².